The van der Waals surface area contributed by atoms with Crippen LogP contribution in [0.4, 0.5) is 5.13 Å². The van der Waals surface area contributed by atoms with E-state index in [1.54, 1.807) is 12.3 Å². The van der Waals surface area contributed by atoms with Gasteiger partial charge in [0.1, 0.15) is 0 Å². The summed E-state index contributed by atoms with van der Waals surface area (Å²) < 4.78 is 0. The maximum Gasteiger partial charge on any atom is 0.230 e. The number of nitrogens with one attached hydrogen (secondary N) is 2. The Hall–Kier alpha value is -4.36. The molecule has 0 unspecified atom stereocenters. The second-order valence-corrected chi connectivity index (χ2v) is 9.02. The Morgan fingerprint density at radius 1 is 1.11 bits per heavy atom. The van der Waals surface area contributed by atoms with Crippen LogP contribution in [0.5, 0.6) is 0 Å². The first-order valence-corrected chi connectivity index (χ1v) is 12.0. The lowest BCUT2D eigenvalue weighted by Gasteiger charge is -2.05. The van der Waals surface area contributed by atoms with Crippen molar-refractivity contribution < 1.29 is 4.79 Å². The Bertz CT molecular complexity index is 1550. The molecule has 172 valence electrons. The minimum atomic E-state index is -0.104. The molecule has 0 radical (unpaired) electrons. The maximum absolute atomic E-state index is 12.6. The number of fused-ring (bicyclic) bond motifs is 1. The number of carbonyl (C=O) groups is 1. The zero-order valence-corrected chi connectivity index (χ0v) is 20.0. The molecule has 5 aromatic rings. The van der Waals surface area contributed by atoms with Gasteiger partial charge in [-0.1, -0.05) is 60.4 Å². The average molecular weight is 478 g/mol. The maximum atomic E-state index is 12.6. The highest BCUT2D eigenvalue weighted by Gasteiger charge is 2.14. The molecule has 7 heteroatoms. The first-order valence-electron chi connectivity index (χ1n) is 11.2. The number of thiazole rings is 1. The van der Waals surface area contributed by atoms with Crippen molar-refractivity contribution >= 4 is 51.5 Å². The fourth-order valence-corrected chi connectivity index (χ4v) is 4.88. The Balaban J connectivity index is 1.34. The van der Waals surface area contributed by atoms with E-state index in [-0.39, 0.29) is 12.3 Å². The summed E-state index contributed by atoms with van der Waals surface area (Å²) in [6.45, 7) is 5.77. The summed E-state index contributed by atoms with van der Waals surface area (Å²) in [7, 11) is 0. The molecule has 0 aliphatic carbocycles. The van der Waals surface area contributed by atoms with Crippen molar-refractivity contribution in [1.82, 2.24) is 20.2 Å². The molecule has 0 saturated heterocycles. The molecule has 0 aliphatic heterocycles. The molecule has 0 aliphatic rings. The van der Waals surface area contributed by atoms with Crippen molar-refractivity contribution in [3.05, 3.63) is 102 Å². The number of aryl methyl sites for hydroxylation is 1. The number of H-pyrrole nitrogens is 1. The third kappa shape index (κ3) is 4.95. The van der Waals surface area contributed by atoms with Crippen LogP contribution in [0, 0.1) is 6.92 Å². The number of carbonyl (C=O) groups excluding carboxylic acids is 1. The first-order chi connectivity index (χ1) is 17.1. The van der Waals surface area contributed by atoms with Crippen molar-refractivity contribution in [2.24, 2.45) is 0 Å². The van der Waals surface area contributed by atoms with Gasteiger partial charge in [-0.3, -0.25) is 14.9 Å². The molecule has 3 heterocycles. The molecule has 2 N–H and O–H groups in total. The van der Waals surface area contributed by atoms with Crippen LogP contribution < -0.4 is 5.32 Å². The molecule has 0 spiro atoms. The van der Waals surface area contributed by atoms with Crippen LogP contribution in [0.25, 0.3) is 39.6 Å². The Kier molecular flexibility index (Phi) is 6.32. The summed E-state index contributed by atoms with van der Waals surface area (Å²) in [5, 5.41) is 12.1. The number of rotatable bonds is 7. The predicted octanol–water partition coefficient (Wildman–Crippen LogP) is 6.38. The highest BCUT2D eigenvalue weighted by molar-refractivity contribution is 7.19. The molecule has 35 heavy (non-hydrogen) atoms. The van der Waals surface area contributed by atoms with Crippen LogP contribution in [0.2, 0.25) is 0 Å². The standard InChI is InChI=1S/C28H23N5OS/c1-3-19-8-4-5-9-20(19)17-26(34)31-28-30-18(2)27(35-28)21-11-13-23-24(32-33-25(23)16-21)14-12-22-10-6-7-15-29-22/h3-16H,1,17H2,2H3,(H,32,33)(H,30,31,34)/b14-12+. The number of benzene rings is 2. The second kappa shape index (κ2) is 9.87. The van der Waals surface area contributed by atoms with E-state index < -0.39 is 0 Å². The van der Waals surface area contributed by atoms with Crippen LogP contribution in [-0.2, 0) is 11.2 Å². The molecular weight excluding hydrogens is 454 g/mol. The highest BCUT2D eigenvalue weighted by Crippen LogP contribution is 2.34. The first kappa shape index (κ1) is 22.4. The molecule has 2 aromatic carbocycles. The van der Waals surface area contributed by atoms with Crippen LogP contribution in [0.1, 0.15) is 28.2 Å². The van der Waals surface area contributed by atoms with Crippen molar-refractivity contribution in [2.45, 2.75) is 13.3 Å². The minimum absolute atomic E-state index is 0.104. The number of hydrogen-bond donors (Lipinski definition) is 2. The van der Waals surface area contributed by atoms with Crippen LogP contribution in [-0.4, -0.2) is 26.1 Å². The van der Waals surface area contributed by atoms with Crippen LogP contribution >= 0.6 is 11.3 Å². The zero-order valence-electron chi connectivity index (χ0n) is 19.2. The van der Waals surface area contributed by atoms with E-state index in [4.69, 9.17) is 0 Å². The largest absolute Gasteiger partial charge is 0.302 e. The number of amides is 1. The summed E-state index contributed by atoms with van der Waals surface area (Å²) in [5.41, 5.74) is 6.45. The molecular formula is C28H23N5OS. The number of anilines is 1. The van der Waals surface area contributed by atoms with Gasteiger partial charge < -0.3 is 5.32 Å². The predicted molar refractivity (Wildman–Crippen MR) is 144 cm³/mol. The number of pyridine rings is 1. The smallest absolute Gasteiger partial charge is 0.230 e. The Labute approximate surface area is 207 Å². The number of nitrogens with zero attached hydrogens (tertiary/aromatic N) is 3. The van der Waals surface area contributed by atoms with E-state index in [2.05, 4.69) is 50.3 Å². The number of aromatic amines is 1. The summed E-state index contributed by atoms with van der Waals surface area (Å²) in [5.74, 6) is -0.104. The molecule has 0 atom stereocenters. The van der Waals surface area contributed by atoms with Crippen LogP contribution in [0.3, 0.4) is 0 Å². The molecule has 0 bridgehead atoms. The van der Waals surface area contributed by atoms with Gasteiger partial charge >= 0.3 is 0 Å². The summed E-state index contributed by atoms with van der Waals surface area (Å²) in [6.07, 6.45) is 7.70. The van der Waals surface area contributed by atoms with Gasteiger partial charge in [-0.15, -0.1) is 0 Å². The molecule has 0 fully saturated rings. The van der Waals surface area contributed by atoms with E-state index in [0.29, 0.717) is 5.13 Å². The Morgan fingerprint density at radius 2 is 1.97 bits per heavy atom. The van der Waals surface area contributed by atoms with Gasteiger partial charge in [-0.05, 0) is 60.0 Å². The second-order valence-electron chi connectivity index (χ2n) is 8.02. The number of hydrogen-bond acceptors (Lipinski definition) is 5. The van der Waals surface area contributed by atoms with Gasteiger partial charge in [0.05, 0.1) is 33.9 Å². The van der Waals surface area contributed by atoms with Gasteiger partial charge in [0.2, 0.25) is 5.91 Å². The van der Waals surface area contributed by atoms with Gasteiger partial charge in [0, 0.05) is 11.6 Å². The lowest BCUT2D eigenvalue weighted by atomic mass is 10.0. The third-order valence-corrected chi connectivity index (χ3v) is 6.75. The number of aromatic nitrogens is 4. The topological polar surface area (TPSA) is 83.6 Å². The molecule has 6 nitrogen and oxygen atoms in total. The van der Waals surface area contributed by atoms with Gasteiger partial charge in [0.25, 0.3) is 0 Å². The van der Waals surface area contributed by atoms with Gasteiger partial charge in [0.15, 0.2) is 5.13 Å². The quantitative estimate of drug-likeness (QED) is 0.285. The minimum Gasteiger partial charge on any atom is -0.302 e. The summed E-state index contributed by atoms with van der Waals surface area (Å²) in [6, 6.07) is 19.7. The van der Waals surface area contributed by atoms with Crippen molar-refractivity contribution in [1.29, 1.82) is 0 Å². The van der Waals surface area contributed by atoms with Crippen molar-refractivity contribution in [3.8, 4) is 10.4 Å². The molecule has 5 rings (SSSR count). The lowest BCUT2D eigenvalue weighted by molar-refractivity contribution is -0.115. The fraction of sp³-hybridized carbons (Fsp3) is 0.0714. The van der Waals surface area contributed by atoms with Gasteiger partial charge in [-0.2, -0.15) is 5.10 Å². The third-order valence-electron chi connectivity index (χ3n) is 5.62. The highest BCUT2D eigenvalue weighted by atomic mass is 32.1. The SMILES string of the molecule is C=Cc1ccccc1CC(=O)Nc1nc(C)c(-c2ccc3c(/C=C/c4ccccn4)n[nH]c3c2)s1. The monoisotopic (exact) mass is 477 g/mol. The van der Waals surface area contributed by atoms with E-state index in [1.807, 2.05) is 61.5 Å². The molecule has 3 aromatic heterocycles. The normalized spacial score (nSPS) is 11.2. The lowest BCUT2D eigenvalue weighted by Crippen LogP contribution is -2.14. The van der Waals surface area contributed by atoms with E-state index in [0.717, 1.165) is 49.6 Å². The van der Waals surface area contributed by atoms with E-state index in [1.165, 1.54) is 11.3 Å². The average Bonchev–Trinajstić information content (AvgIpc) is 3.45. The van der Waals surface area contributed by atoms with E-state index >= 15 is 0 Å². The Morgan fingerprint density at radius 3 is 2.80 bits per heavy atom. The van der Waals surface area contributed by atoms with Crippen LogP contribution in [0.15, 0.2) is 73.4 Å². The van der Waals surface area contributed by atoms with Gasteiger partial charge in [-0.25, -0.2) is 4.98 Å². The summed E-state index contributed by atoms with van der Waals surface area (Å²) in [4.78, 5) is 22.5. The molecule has 0 saturated carbocycles. The summed E-state index contributed by atoms with van der Waals surface area (Å²) >= 11 is 1.46. The molecule has 1 amide bonds. The van der Waals surface area contributed by atoms with E-state index in [9.17, 15) is 4.79 Å². The van der Waals surface area contributed by atoms with Crippen molar-refractivity contribution in [2.75, 3.05) is 5.32 Å². The fourth-order valence-electron chi connectivity index (χ4n) is 3.90. The van der Waals surface area contributed by atoms with Crippen molar-refractivity contribution in [3.63, 3.8) is 0 Å². The zero-order chi connectivity index (χ0) is 24.2.